The second-order valence-electron chi connectivity index (χ2n) is 5.30. The highest BCUT2D eigenvalue weighted by molar-refractivity contribution is 14.0. The van der Waals surface area contributed by atoms with Gasteiger partial charge in [0.15, 0.2) is 5.96 Å². The minimum atomic E-state index is -0.341. The molecule has 1 amide bonds. The van der Waals surface area contributed by atoms with Crippen LogP contribution in [0.5, 0.6) is 0 Å². The molecular weight excluding hydrogens is 469 g/mol. The zero-order valence-corrected chi connectivity index (χ0v) is 19.0. The molecule has 1 aromatic heterocycles. The van der Waals surface area contributed by atoms with Crippen LogP contribution in [0.2, 0.25) is 0 Å². The van der Waals surface area contributed by atoms with Gasteiger partial charge in [-0.1, -0.05) is 0 Å². The number of hydrogen-bond donors (Lipinski definition) is 3. The highest BCUT2D eigenvalue weighted by Crippen LogP contribution is 2.24. The van der Waals surface area contributed by atoms with Crippen LogP contribution in [-0.2, 0) is 9.53 Å². The van der Waals surface area contributed by atoms with E-state index < -0.39 is 0 Å². The van der Waals surface area contributed by atoms with E-state index >= 15 is 0 Å². The third-order valence-electron chi connectivity index (χ3n) is 3.10. The number of rotatable bonds is 8. The SMILES string of the molecule is CCNC(=NCCNC(C)=O)NC(C)c1nc(C)c(C(=O)OCC)s1.I. The molecule has 0 spiro atoms. The van der Waals surface area contributed by atoms with E-state index in [-0.39, 0.29) is 41.9 Å². The van der Waals surface area contributed by atoms with Crippen LogP contribution in [0.3, 0.4) is 0 Å². The van der Waals surface area contributed by atoms with Crippen LogP contribution in [0.4, 0.5) is 0 Å². The lowest BCUT2D eigenvalue weighted by Gasteiger charge is -2.16. The quantitative estimate of drug-likeness (QED) is 0.167. The second-order valence-corrected chi connectivity index (χ2v) is 6.33. The molecule has 0 aliphatic heterocycles. The van der Waals surface area contributed by atoms with Crippen LogP contribution in [0.1, 0.15) is 54.1 Å². The summed E-state index contributed by atoms with van der Waals surface area (Å²) in [4.78, 5) is 32.2. The fourth-order valence-electron chi connectivity index (χ4n) is 1.98. The van der Waals surface area contributed by atoms with Gasteiger partial charge in [-0.25, -0.2) is 9.78 Å². The number of amides is 1. The molecular formula is C16H28IN5O3S. The molecule has 8 nitrogen and oxygen atoms in total. The van der Waals surface area contributed by atoms with Gasteiger partial charge in [0.1, 0.15) is 9.88 Å². The average Bonchev–Trinajstić information content (AvgIpc) is 2.93. The number of nitrogens with zero attached hydrogens (tertiary/aromatic N) is 2. The number of carbonyl (C=O) groups excluding carboxylic acids is 2. The summed E-state index contributed by atoms with van der Waals surface area (Å²) in [5, 5.41) is 9.89. The zero-order valence-electron chi connectivity index (χ0n) is 15.8. The minimum Gasteiger partial charge on any atom is -0.462 e. The maximum Gasteiger partial charge on any atom is 0.350 e. The Kier molecular flexibility index (Phi) is 12.1. The number of guanidine groups is 1. The Hall–Kier alpha value is -1.43. The summed E-state index contributed by atoms with van der Waals surface area (Å²) in [5.74, 6) is 0.212. The van der Waals surface area contributed by atoms with Crippen LogP contribution >= 0.6 is 35.3 Å². The van der Waals surface area contributed by atoms with Crippen LogP contribution in [-0.4, -0.2) is 49.1 Å². The molecule has 1 unspecified atom stereocenters. The fraction of sp³-hybridized carbons (Fsp3) is 0.625. The molecule has 1 heterocycles. The monoisotopic (exact) mass is 497 g/mol. The summed E-state index contributed by atoms with van der Waals surface area (Å²) in [6.07, 6.45) is 0. The van der Waals surface area contributed by atoms with Gasteiger partial charge >= 0.3 is 5.97 Å². The molecule has 148 valence electrons. The Morgan fingerprint density at radius 1 is 1.31 bits per heavy atom. The van der Waals surface area contributed by atoms with Crippen LogP contribution in [0, 0.1) is 6.92 Å². The number of nitrogens with one attached hydrogen (secondary N) is 3. The molecule has 0 fully saturated rings. The van der Waals surface area contributed by atoms with Gasteiger partial charge in [0.25, 0.3) is 0 Å². The Morgan fingerprint density at radius 3 is 2.58 bits per heavy atom. The molecule has 0 saturated heterocycles. The molecule has 0 aliphatic rings. The van der Waals surface area contributed by atoms with Gasteiger partial charge in [0.05, 0.1) is 24.9 Å². The maximum atomic E-state index is 11.9. The molecule has 0 radical (unpaired) electrons. The Balaban J connectivity index is 0.00000625. The number of aliphatic imine (C=N–C) groups is 1. The summed E-state index contributed by atoms with van der Waals surface area (Å²) in [6.45, 7) is 11.0. The first-order valence-corrected chi connectivity index (χ1v) is 9.14. The number of hydrogen-bond acceptors (Lipinski definition) is 6. The van der Waals surface area contributed by atoms with Gasteiger partial charge in [0.2, 0.25) is 5.91 Å². The number of carbonyl (C=O) groups is 2. The van der Waals surface area contributed by atoms with Crippen LogP contribution in [0.15, 0.2) is 4.99 Å². The lowest BCUT2D eigenvalue weighted by atomic mass is 10.3. The summed E-state index contributed by atoms with van der Waals surface area (Å²) in [7, 11) is 0. The zero-order chi connectivity index (χ0) is 18.8. The molecule has 26 heavy (non-hydrogen) atoms. The van der Waals surface area contributed by atoms with E-state index in [0.717, 1.165) is 5.01 Å². The standard InChI is InChI=1S/C16H27N5O3S.HI/c1-6-17-16(19-9-8-18-12(5)22)21-11(4)14-20-10(3)13(25-14)15(23)24-7-2;/h11H,6-9H2,1-5H3,(H,18,22)(H2,17,19,21);1H. The van der Waals surface area contributed by atoms with E-state index in [1.165, 1.54) is 18.3 Å². The van der Waals surface area contributed by atoms with Crippen molar-refractivity contribution >= 4 is 53.1 Å². The van der Waals surface area contributed by atoms with Crippen molar-refractivity contribution in [2.24, 2.45) is 4.99 Å². The van der Waals surface area contributed by atoms with Crippen molar-refractivity contribution in [1.29, 1.82) is 0 Å². The van der Waals surface area contributed by atoms with Crippen molar-refractivity contribution < 1.29 is 14.3 Å². The molecule has 10 heteroatoms. The van der Waals surface area contributed by atoms with E-state index in [4.69, 9.17) is 4.74 Å². The summed E-state index contributed by atoms with van der Waals surface area (Å²) in [6, 6.07) is -0.120. The molecule has 1 aromatic rings. The van der Waals surface area contributed by atoms with Crippen molar-refractivity contribution in [3.05, 3.63) is 15.6 Å². The van der Waals surface area contributed by atoms with E-state index in [9.17, 15) is 9.59 Å². The minimum absolute atomic E-state index is 0. The molecule has 0 bridgehead atoms. The number of thiazole rings is 1. The van der Waals surface area contributed by atoms with Crippen molar-refractivity contribution in [1.82, 2.24) is 20.9 Å². The Morgan fingerprint density at radius 2 is 2.00 bits per heavy atom. The lowest BCUT2D eigenvalue weighted by Crippen LogP contribution is -2.39. The van der Waals surface area contributed by atoms with Gasteiger partial charge in [0, 0.05) is 20.0 Å². The highest BCUT2D eigenvalue weighted by atomic mass is 127. The number of esters is 1. The van der Waals surface area contributed by atoms with Crippen LogP contribution in [0.25, 0.3) is 0 Å². The third kappa shape index (κ3) is 8.30. The highest BCUT2D eigenvalue weighted by Gasteiger charge is 2.20. The molecule has 1 rings (SSSR count). The first-order chi connectivity index (χ1) is 11.9. The molecule has 0 aliphatic carbocycles. The van der Waals surface area contributed by atoms with Gasteiger partial charge in [-0.3, -0.25) is 9.79 Å². The van der Waals surface area contributed by atoms with Crippen LogP contribution < -0.4 is 16.0 Å². The first kappa shape index (κ1) is 24.6. The molecule has 0 saturated carbocycles. The number of aryl methyl sites for hydroxylation is 1. The maximum absolute atomic E-state index is 11.9. The van der Waals surface area contributed by atoms with Crippen molar-refractivity contribution in [2.75, 3.05) is 26.2 Å². The normalized spacial score (nSPS) is 12.0. The number of halogens is 1. The van der Waals surface area contributed by atoms with Crippen molar-refractivity contribution in [3.63, 3.8) is 0 Å². The largest absolute Gasteiger partial charge is 0.462 e. The third-order valence-corrected chi connectivity index (χ3v) is 4.42. The van der Waals surface area contributed by atoms with Gasteiger partial charge in [-0.2, -0.15) is 0 Å². The predicted molar refractivity (Wildman–Crippen MR) is 114 cm³/mol. The average molecular weight is 497 g/mol. The van der Waals surface area contributed by atoms with E-state index in [1.54, 1.807) is 13.8 Å². The van der Waals surface area contributed by atoms with Crippen molar-refractivity contribution in [3.8, 4) is 0 Å². The Labute approximate surface area is 175 Å². The fourth-order valence-corrected chi connectivity index (χ4v) is 2.94. The van der Waals surface area contributed by atoms with E-state index in [2.05, 4.69) is 25.9 Å². The second kappa shape index (κ2) is 12.8. The van der Waals surface area contributed by atoms with E-state index in [1.807, 2.05) is 13.8 Å². The predicted octanol–water partition coefficient (Wildman–Crippen LogP) is 2.00. The Bertz CT molecular complexity index is 621. The number of aromatic nitrogens is 1. The number of ether oxygens (including phenoxy) is 1. The topological polar surface area (TPSA) is 105 Å². The smallest absolute Gasteiger partial charge is 0.350 e. The van der Waals surface area contributed by atoms with E-state index in [0.29, 0.717) is 42.8 Å². The van der Waals surface area contributed by atoms with Gasteiger partial charge in [-0.05, 0) is 27.7 Å². The molecule has 0 aromatic carbocycles. The van der Waals surface area contributed by atoms with Gasteiger partial charge < -0.3 is 20.7 Å². The first-order valence-electron chi connectivity index (χ1n) is 8.32. The summed E-state index contributed by atoms with van der Waals surface area (Å²) < 4.78 is 5.05. The molecule has 3 N–H and O–H groups in total. The molecule has 1 atom stereocenters. The van der Waals surface area contributed by atoms with Gasteiger partial charge in [-0.15, -0.1) is 35.3 Å². The lowest BCUT2D eigenvalue weighted by molar-refractivity contribution is -0.118. The summed E-state index contributed by atoms with van der Waals surface area (Å²) >= 11 is 1.32. The summed E-state index contributed by atoms with van der Waals surface area (Å²) in [5.41, 5.74) is 0.666. The van der Waals surface area contributed by atoms with Crippen molar-refractivity contribution in [2.45, 2.75) is 40.7 Å².